The van der Waals surface area contributed by atoms with Gasteiger partial charge in [0.2, 0.25) is 5.91 Å². The minimum absolute atomic E-state index is 0. The Bertz CT molecular complexity index is 299. The van der Waals surface area contributed by atoms with Crippen LogP contribution >= 0.6 is 12.4 Å². The van der Waals surface area contributed by atoms with Gasteiger partial charge in [-0.3, -0.25) is 4.79 Å². The molecular weight excluding hydrogens is 292 g/mol. The molecule has 2 fully saturated rings. The molecule has 2 rings (SSSR count). The molecule has 3 atom stereocenters. The predicted octanol–water partition coefficient (Wildman–Crippen LogP) is 1.63. The molecule has 2 aliphatic rings. The molecule has 0 aromatic heterocycles. The number of nitrogens with two attached hydrogens (primary N) is 1. The second-order valence-electron chi connectivity index (χ2n) is 5.98. The van der Waals surface area contributed by atoms with Crippen molar-refractivity contribution in [2.75, 3.05) is 26.4 Å². The summed E-state index contributed by atoms with van der Waals surface area (Å²) in [4.78, 5) is 12.0. The molecule has 124 valence electrons. The Balaban J connectivity index is 0.00000220. The number of hydrogen-bond acceptors (Lipinski definition) is 4. The second-order valence-corrected chi connectivity index (χ2v) is 5.98. The first-order valence-corrected chi connectivity index (χ1v) is 7.98. The highest BCUT2D eigenvalue weighted by Gasteiger charge is 2.24. The van der Waals surface area contributed by atoms with Gasteiger partial charge >= 0.3 is 0 Å². The van der Waals surface area contributed by atoms with Crippen molar-refractivity contribution in [2.24, 2.45) is 11.7 Å². The smallest absolute Gasteiger partial charge is 0.223 e. The zero-order valence-corrected chi connectivity index (χ0v) is 13.5. The van der Waals surface area contributed by atoms with Gasteiger partial charge in [-0.15, -0.1) is 12.4 Å². The van der Waals surface area contributed by atoms with Crippen LogP contribution in [-0.2, 0) is 14.3 Å². The Hall–Kier alpha value is -0.360. The van der Waals surface area contributed by atoms with Crippen molar-refractivity contribution in [3.8, 4) is 0 Å². The summed E-state index contributed by atoms with van der Waals surface area (Å²) < 4.78 is 11.0. The lowest BCUT2D eigenvalue weighted by atomic mass is 9.85. The van der Waals surface area contributed by atoms with Crippen LogP contribution in [0.5, 0.6) is 0 Å². The number of amides is 1. The van der Waals surface area contributed by atoms with Gasteiger partial charge in [-0.05, 0) is 38.5 Å². The van der Waals surface area contributed by atoms with E-state index in [4.69, 9.17) is 15.2 Å². The van der Waals surface area contributed by atoms with Crippen LogP contribution in [0.1, 0.15) is 44.9 Å². The van der Waals surface area contributed by atoms with E-state index in [-0.39, 0.29) is 36.4 Å². The van der Waals surface area contributed by atoms with E-state index in [1.807, 2.05) is 0 Å². The minimum Gasteiger partial charge on any atom is -0.379 e. The standard InChI is InChI=1S/C15H28N2O3.ClH/c16-13-5-1-4-12(10-13)15(18)17-7-3-8-19-11-14-6-2-9-20-14;/h12-14H,1-11,16H2,(H,17,18);1H. The maximum absolute atomic E-state index is 12.0. The van der Waals surface area contributed by atoms with Crippen LogP contribution in [0.25, 0.3) is 0 Å². The van der Waals surface area contributed by atoms with Crippen molar-refractivity contribution in [3.63, 3.8) is 0 Å². The van der Waals surface area contributed by atoms with Crippen molar-refractivity contribution in [1.29, 1.82) is 0 Å². The van der Waals surface area contributed by atoms with Gasteiger partial charge in [-0.1, -0.05) is 6.42 Å². The van der Waals surface area contributed by atoms with E-state index in [9.17, 15) is 4.79 Å². The van der Waals surface area contributed by atoms with E-state index in [2.05, 4.69) is 5.32 Å². The van der Waals surface area contributed by atoms with Gasteiger partial charge in [-0.2, -0.15) is 0 Å². The highest BCUT2D eigenvalue weighted by molar-refractivity contribution is 5.85. The highest BCUT2D eigenvalue weighted by Crippen LogP contribution is 2.23. The normalized spacial score (nSPS) is 28.9. The molecule has 1 saturated carbocycles. The zero-order valence-electron chi connectivity index (χ0n) is 12.7. The largest absolute Gasteiger partial charge is 0.379 e. The molecule has 1 aliphatic carbocycles. The molecular formula is C15H29ClN2O3. The molecule has 1 saturated heterocycles. The average Bonchev–Trinajstić information content (AvgIpc) is 2.95. The lowest BCUT2D eigenvalue weighted by Gasteiger charge is -2.25. The molecule has 0 spiro atoms. The lowest BCUT2D eigenvalue weighted by Crippen LogP contribution is -2.38. The quantitative estimate of drug-likeness (QED) is 0.699. The topological polar surface area (TPSA) is 73.6 Å². The SMILES string of the molecule is Cl.NC1CCCC(C(=O)NCCCOCC2CCCO2)C1. The van der Waals surface area contributed by atoms with Gasteiger partial charge in [0.1, 0.15) is 0 Å². The number of carbonyl (C=O) groups is 1. The van der Waals surface area contributed by atoms with Crippen molar-refractivity contribution in [3.05, 3.63) is 0 Å². The third kappa shape index (κ3) is 6.96. The Morgan fingerprint density at radius 3 is 2.86 bits per heavy atom. The van der Waals surface area contributed by atoms with E-state index in [0.29, 0.717) is 19.8 Å². The average molecular weight is 321 g/mol. The molecule has 1 aliphatic heterocycles. The molecule has 0 bridgehead atoms. The molecule has 3 N–H and O–H groups in total. The zero-order chi connectivity index (χ0) is 14.2. The Morgan fingerprint density at radius 1 is 1.29 bits per heavy atom. The summed E-state index contributed by atoms with van der Waals surface area (Å²) in [6, 6.07) is 0.203. The monoisotopic (exact) mass is 320 g/mol. The molecule has 5 nitrogen and oxygen atoms in total. The van der Waals surface area contributed by atoms with Crippen molar-refractivity contribution in [1.82, 2.24) is 5.32 Å². The van der Waals surface area contributed by atoms with Gasteiger partial charge in [0, 0.05) is 31.7 Å². The first-order chi connectivity index (χ1) is 9.75. The van der Waals surface area contributed by atoms with E-state index in [1.54, 1.807) is 0 Å². The van der Waals surface area contributed by atoms with Gasteiger partial charge in [-0.25, -0.2) is 0 Å². The number of hydrogen-bond donors (Lipinski definition) is 2. The van der Waals surface area contributed by atoms with E-state index in [0.717, 1.165) is 51.6 Å². The van der Waals surface area contributed by atoms with Gasteiger partial charge in [0.05, 0.1) is 12.7 Å². The molecule has 0 aromatic rings. The molecule has 6 heteroatoms. The molecule has 21 heavy (non-hydrogen) atoms. The maximum Gasteiger partial charge on any atom is 0.223 e. The summed E-state index contributed by atoms with van der Waals surface area (Å²) in [6.45, 7) is 2.93. The summed E-state index contributed by atoms with van der Waals surface area (Å²) in [5.41, 5.74) is 5.91. The molecule has 0 aromatic carbocycles. The summed E-state index contributed by atoms with van der Waals surface area (Å²) in [5.74, 6) is 0.283. The molecule has 1 heterocycles. The highest BCUT2D eigenvalue weighted by atomic mass is 35.5. The van der Waals surface area contributed by atoms with E-state index in [1.165, 1.54) is 0 Å². The number of nitrogens with one attached hydrogen (secondary N) is 1. The number of ether oxygens (including phenoxy) is 2. The fraction of sp³-hybridized carbons (Fsp3) is 0.933. The van der Waals surface area contributed by atoms with Gasteiger partial charge < -0.3 is 20.5 Å². The van der Waals surface area contributed by atoms with E-state index >= 15 is 0 Å². The summed E-state index contributed by atoms with van der Waals surface area (Å²) in [6.07, 6.45) is 7.35. The van der Waals surface area contributed by atoms with Crippen LogP contribution < -0.4 is 11.1 Å². The van der Waals surface area contributed by atoms with Crippen molar-refractivity contribution in [2.45, 2.75) is 57.1 Å². The van der Waals surface area contributed by atoms with E-state index < -0.39 is 0 Å². The Labute approximate surface area is 133 Å². The Morgan fingerprint density at radius 2 is 2.14 bits per heavy atom. The van der Waals surface area contributed by atoms with Crippen LogP contribution in [0.3, 0.4) is 0 Å². The predicted molar refractivity (Wildman–Crippen MR) is 84.6 cm³/mol. The summed E-state index contributed by atoms with van der Waals surface area (Å²) in [5, 5.41) is 3.00. The van der Waals surface area contributed by atoms with Crippen molar-refractivity contribution < 1.29 is 14.3 Å². The Kier molecular flexibility index (Phi) is 9.24. The molecule has 3 unspecified atom stereocenters. The summed E-state index contributed by atoms with van der Waals surface area (Å²) >= 11 is 0. The van der Waals surface area contributed by atoms with Gasteiger partial charge in [0.15, 0.2) is 0 Å². The van der Waals surface area contributed by atoms with Crippen molar-refractivity contribution >= 4 is 18.3 Å². The molecule has 1 amide bonds. The fourth-order valence-electron chi connectivity index (χ4n) is 2.99. The summed E-state index contributed by atoms with van der Waals surface area (Å²) in [7, 11) is 0. The second kappa shape index (κ2) is 10.4. The first kappa shape index (κ1) is 18.7. The number of rotatable bonds is 7. The van der Waals surface area contributed by atoms with Crippen LogP contribution in [0.15, 0.2) is 0 Å². The van der Waals surface area contributed by atoms with Crippen LogP contribution in [0, 0.1) is 5.92 Å². The third-order valence-corrected chi connectivity index (χ3v) is 4.18. The lowest BCUT2D eigenvalue weighted by molar-refractivity contribution is -0.126. The molecule has 0 radical (unpaired) electrons. The first-order valence-electron chi connectivity index (χ1n) is 7.98. The van der Waals surface area contributed by atoms with Crippen LogP contribution in [-0.4, -0.2) is 44.4 Å². The fourth-order valence-corrected chi connectivity index (χ4v) is 2.99. The number of halogens is 1. The van der Waals surface area contributed by atoms with Crippen LogP contribution in [0.2, 0.25) is 0 Å². The maximum atomic E-state index is 12.0. The van der Waals surface area contributed by atoms with Crippen LogP contribution in [0.4, 0.5) is 0 Å². The van der Waals surface area contributed by atoms with Gasteiger partial charge in [0.25, 0.3) is 0 Å². The number of carbonyl (C=O) groups excluding carboxylic acids is 1. The third-order valence-electron chi connectivity index (χ3n) is 4.18. The minimum atomic E-state index is 0.